The highest BCUT2D eigenvalue weighted by Gasteiger charge is 2.33. The van der Waals surface area contributed by atoms with Crippen LogP contribution in [0.15, 0.2) is 18.2 Å². The molecule has 6 heteroatoms. The van der Waals surface area contributed by atoms with Crippen molar-refractivity contribution in [2.75, 3.05) is 18.9 Å². The van der Waals surface area contributed by atoms with Crippen molar-refractivity contribution in [3.63, 3.8) is 0 Å². The Hall–Kier alpha value is -1.43. The SMILES string of the molecule is Nc1ccc(O[C@H]2CCOC2)cc1C(F)(F)F. The van der Waals surface area contributed by atoms with Crippen LogP contribution in [0.25, 0.3) is 0 Å². The summed E-state index contributed by atoms with van der Waals surface area (Å²) in [5.41, 5.74) is 4.12. The van der Waals surface area contributed by atoms with Crippen LogP contribution in [-0.2, 0) is 10.9 Å². The number of benzene rings is 1. The van der Waals surface area contributed by atoms with E-state index in [0.29, 0.717) is 19.6 Å². The third-order valence-electron chi connectivity index (χ3n) is 2.52. The molecule has 0 saturated carbocycles. The normalized spacial score (nSPS) is 20.5. The van der Waals surface area contributed by atoms with Crippen LogP contribution in [0.4, 0.5) is 18.9 Å². The van der Waals surface area contributed by atoms with Crippen LogP contribution in [0.5, 0.6) is 5.75 Å². The maximum atomic E-state index is 12.6. The minimum Gasteiger partial charge on any atom is -0.488 e. The molecule has 2 rings (SSSR count). The Labute approximate surface area is 96.3 Å². The molecule has 1 aliphatic rings. The molecule has 1 atom stereocenters. The number of halogens is 3. The predicted octanol–water partition coefficient (Wildman–Crippen LogP) is 2.46. The number of hydrogen-bond donors (Lipinski definition) is 1. The average molecular weight is 247 g/mol. The standard InChI is InChI=1S/C11H12F3NO2/c12-11(13,14)9-5-7(1-2-10(9)15)17-8-3-4-16-6-8/h1-2,5,8H,3-4,6,15H2/t8-/m0/s1. The van der Waals surface area contributed by atoms with Gasteiger partial charge in [-0.3, -0.25) is 0 Å². The Balaban J connectivity index is 2.18. The van der Waals surface area contributed by atoms with E-state index in [-0.39, 0.29) is 17.5 Å². The van der Waals surface area contributed by atoms with Crippen LogP contribution in [0.1, 0.15) is 12.0 Å². The van der Waals surface area contributed by atoms with Gasteiger partial charge in [0.25, 0.3) is 0 Å². The van der Waals surface area contributed by atoms with Gasteiger partial charge in [0.2, 0.25) is 0 Å². The van der Waals surface area contributed by atoms with E-state index in [2.05, 4.69) is 0 Å². The van der Waals surface area contributed by atoms with Gasteiger partial charge >= 0.3 is 6.18 Å². The van der Waals surface area contributed by atoms with Crippen molar-refractivity contribution < 1.29 is 22.6 Å². The lowest BCUT2D eigenvalue weighted by atomic mass is 10.1. The Bertz CT molecular complexity index is 400. The number of anilines is 1. The highest BCUT2D eigenvalue weighted by atomic mass is 19.4. The van der Waals surface area contributed by atoms with Crippen molar-refractivity contribution in [2.45, 2.75) is 18.7 Å². The lowest BCUT2D eigenvalue weighted by Gasteiger charge is -2.15. The van der Waals surface area contributed by atoms with Crippen molar-refractivity contribution in [2.24, 2.45) is 0 Å². The summed E-state index contributed by atoms with van der Waals surface area (Å²) in [6, 6.07) is 3.56. The van der Waals surface area contributed by atoms with E-state index in [4.69, 9.17) is 15.2 Å². The molecule has 1 aromatic rings. The maximum absolute atomic E-state index is 12.6. The summed E-state index contributed by atoms with van der Waals surface area (Å²) in [6.07, 6.45) is -3.96. The van der Waals surface area contributed by atoms with E-state index in [9.17, 15) is 13.2 Å². The van der Waals surface area contributed by atoms with Gasteiger partial charge in [0.05, 0.1) is 18.8 Å². The minimum atomic E-state index is -4.46. The lowest BCUT2D eigenvalue weighted by molar-refractivity contribution is -0.137. The van der Waals surface area contributed by atoms with Crippen molar-refractivity contribution in [3.05, 3.63) is 23.8 Å². The van der Waals surface area contributed by atoms with Gasteiger partial charge in [-0.15, -0.1) is 0 Å². The fourth-order valence-corrected chi connectivity index (χ4v) is 1.65. The highest BCUT2D eigenvalue weighted by molar-refractivity contribution is 5.52. The molecule has 0 bridgehead atoms. The molecule has 3 nitrogen and oxygen atoms in total. The molecule has 0 aliphatic carbocycles. The summed E-state index contributed by atoms with van der Waals surface area (Å²) in [6.45, 7) is 0.984. The summed E-state index contributed by atoms with van der Waals surface area (Å²) in [5, 5.41) is 0. The fourth-order valence-electron chi connectivity index (χ4n) is 1.65. The summed E-state index contributed by atoms with van der Waals surface area (Å²) >= 11 is 0. The van der Waals surface area contributed by atoms with Gasteiger partial charge in [-0.25, -0.2) is 0 Å². The summed E-state index contributed by atoms with van der Waals surface area (Å²) in [5.74, 6) is 0.169. The molecule has 17 heavy (non-hydrogen) atoms. The molecule has 1 saturated heterocycles. The van der Waals surface area contributed by atoms with Crippen LogP contribution < -0.4 is 10.5 Å². The zero-order valence-corrected chi connectivity index (χ0v) is 8.96. The van der Waals surface area contributed by atoms with E-state index in [1.165, 1.54) is 12.1 Å². The first kappa shape index (κ1) is 12.0. The summed E-state index contributed by atoms with van der Waals surface area (Å²) in [7, 11) is 0. The minimum absolute atomic E-state index is 0.169. The topological polar surface area (TPSA) is 44.5 Å². The third-order valence-corrected chi connectivity index (χ3v) is 2.52. The summed E-state index contributed by atoms with van der Waals surface area (Å²) in [4.78, 5) is 0. The molecule has 94 valence electrons. The molecule has 0 radical (unpaired) electrons. The van der Waals surface area contributed by atoms with E-state index in [1.807, 2.05) is 0 Å². The number of rotatable bonds is 2. The highest BCUT2D eigenvalue weighted by Crippen LogP contribution is 2.36. The van der Waals surface area contributed by atoms with Gasteiger partial charge in [0.1, 0.15) is 11.9 Å². The Morgan fingerprint density at radius 1 is 1.35 bits per heavy atom. The molecule has 2 N–H and O–H groups in total. The van der Waals surface area contributed by atoms with Crippen molar-refractivity contribution in [1.82, 2.24) is 0 Å². The first-order valence-corrected chi connectivity index (χ1v) is 5.18. The second kappa shape index (κ2) is 4.44. The van der Waals surface area contributed by atoms with Crippen molar-refractivity contribution in [1.29, 1.82) is 0 Å². The third kappa shape index (κ3) is 2.82. The van der Waals surface area contributed by atoms with Crippen LogP contribution >= 0.6 is 0 Å². The Kier molecular flexibility index (Phi) is 3.15. The number of alkyl halides is 3. The molecule has 0 aromatic heterocycles. The zero-order valence-electron chi connectivity index (χ0n) is 8.96. The van der Waals surface area contributed by atoms with Gasteiger partial charge in [-0.1, -0.05) is 0 Å². The molecular formula is C11H12F3NO2. The van der Waals surface area contributed by atoms with Crippen LogP contribution in [0.2, 0.25) is 0 Å². The van der Waals surface area contributed by atoms with Gasteiger partial charge < -0.3 is 15.2 Å². The molecule has 0 unspecified atom stereocenters. The van der Waals surface area contributed by atoms with Gasteiger partial charge in [-0.2, -0.15) is 13.2 Å². The number of ether oxygens (including phenoxy) is 2. The number of hydrogen-bond acceptors (Lipinski definition) is 3. The molecule has 0 spiro atoms. The van der Waals surface area contributed by atoms with Crippen LogP contribution in [-0.4, -0.2) is 19.3 Å². The average Bonchev–Trinajstić information content (AvgIpc) is 2.72. The maximum Gasteiger partial charge on any atom is 0.418 e. The molecular weight excluding hydrogens is 235 g/mol. The second-order valence-electron chi connectivity index (χ2n) is 3.85. The molecule has 1 fully saturated rings. The van der Waals surface area contributed by atoms with Crippen LogP contribution in [0.3, 0.4) is 0 Å². The monoisotopic (exact) mass is 247 g/mol. The zero-order chi connectivity index (χ0) is 12.5. The van der Waals surface area contributed by atoms with Gasteiger partial charge in [-0.05, 0) is 18.2 Å². The first-order valence-electron chi connectivity index (χ1n) is 5.18. The van der Waals surface area contributed by atoms with E-state index in [0.717, 1.165) is 6.07 Å². The molecule has 1 aromatic carbocycles. The molecule has 0 amide bonds. The molecule has 1 aliphatic heterocycles. The Morgan fingerprint density at radius 3 is 2.71 bits per heavy atom. The largest absolute Gasteiger partial charge is 0.488 e. The smallest absolute Gasteiger partial charge is 0.418 e. The van der Waals surface area contributed by atoms with Crippen molar-refractivity contribution in [3.8, 4) is 5.75 Å². The predicted molar refractivity (Wildman–Crippen MR) is 55.7 cm³/mol. The van der Waals surface area contributed by atoms with E-state index >= 15 is 0 Å². The van der Waals surface area contributed by atoms with Gasteiger partial charge in [0, 0.05) is 12.1 Å². The van der Waals surface area contributed by atoms with E-state index < -0.39 is 11.7 Å². The Morgan fingerprint density at radius 2 is 2.12 bits per heavy atom. The summed E-state index contributed by atoms with van der Waals surface area (Å²) < 4.78 is 48.2. The second-order valence-corrected chi connectivity index (χ2v) is 3.85. The first-order chi connectivity index (χ1) is 7.97. The van der Waals surface area contributed by atoms with Crippen LogP contribution in [0, 0.1) is 0 Å². The van der Waals surface area contributed by atoms with E-state index in [1.54, 1.807) is 0 Å². The lowest BCUT2D eigenvalue weighted by Crippen LogP contribution is -2.16. The van der Waals surface area contributed by atoms with Gasteiger partial charge in [0.15, 0.2) is 0 Å². The fraction of sp³-hybridized carbons (Fsp3) is 0.455. The van der Waals surface area contributed by atoms with Crippen molar-refractivity contribution >= 4 is 5.69 Å². The quantitative estimate of drug-likeness (QED) is 0.816. The molecule has 1 heterocycles. The number of nitrogens with two attached hydrogens (primary N) is 1. The number of nitrogen functional groups attached to an aromatic ring is 1.